The number of nitrogens with one attached hydrogen (secondary N) is 3. The van der Waals surface area contributed by atoms with Crippen LogP contribution in [0.1, 0.15) is 92.2 Å². The van der Waals surface area contributed by atoms with Gasteiger partial charge < -0.3 is 34.8 Å². The summed E-state index contributed by atoms with van der Waals surface area (Å²) in [4.78, 5) is 90.8. The number of aromatic nitrogens is 4. The molecule has 4 N–H and O–H groups in total. The van der Waals surface area contributed by atoms with E-state index >= 15 is 0 Å². The molecule has 23 nitrogen and oxygen atoms in total. The maximum atomic E-state index is 13.7. The molecule has 1 aliphatic carbocycles. The second kappa shape index (κ2) is 16.4. The van der Waals surface area contributed by atoms with E-state index in [1.165, 1.54) is 5.38 Å². The number of carbonyl (C=O) groups excluding carboxylic acids is 5. The summed E-state index contributed by atoms with van der Waals surface area (Å²) in [7, 11) is 0. The fourth-order valence-corrected chi connectivity index (χ4v) is 5.28. The van der Waals surface area contributed by atoms with Crippen LogP contribution in [0.2, 0.25) is 0 Å². The first-order chi connectivity index (χ1) is 25.9. The van der Waals surface area contributed by atoms with Crippen molar-refractivity contribution in [3.8, 4) is 0 Å². The first-order valence-electron chi connectivity index (χ1n) is 17.1. The van der Waals surface area contributed by atoms with E-state index in [-0.39, 0.29) is 48.1 Å². The van der Waals surface area contributed by atoms with Crippen molar-refractivity contribution in [2.75, 3.05) is 5.32 Å². The Morgan fingerprint density at radius 3 is 2.12 bits per heavy atom. The normalized spacial score (nSPS) is 17.6. The van der Waals surface area contributed by atoms with Crippen molar-refractivity contribution < 1.29 is 52.9 Å². The number of β-lactam (4-membered cyclic amide) rings is 1. The average Bonchev–Trinajstić information content (AvgIpc) is 3.55. The number of nitrogens with zero attached hydrogens (tertiary/aromatic N) is 9. The number of carboxylic acid groups (broad SMARTS) is 1. The molecule has 2 aromatic heterocycles. The minimum atomic E-state index is -1.63. The molecule has 1 saturated carbocycles. The minimum absolute atomic E-state index is 0.0300. The Morgan fingerprint density at radius 1 is 1.02 bits per heavy atom. The summed E-state index contributed by atoms with van der Waals surface area (Å²) in [6, 6.07) is -2.03. The lowest BCUT2D eigenvalue weighted by Crippen LogP contribution is -2.70. The van der Waals surface area contributed by atoms with Crippen molar-refractivity contribution in [3.05, 3.63) is 32.9 Å². The Balaban J connectivity index is 1.56. The highest BCUT2D eigenvalue weighted by atomic mass is 32.1. The Kier molecular flexibility index (Phi) is 12.5. The summed E-state index contributed by atoms with van der Waals surface area (Å²) < 4.78 is 16.1. The zero-order valence-electron chi connectivity index (χ0n) is 32.2. The number of oxime groups is 1. The lowest BCUT2D eigenvalue weighted by molar-refractivity contribution is -0.153. The lowest BCUT2D eigenvalue weighted by Gasteiger charge is -2.36. The van der Waals surface area contributed by atoms with Gasteiger partial charge in [0.15, 0.2) is 10.8 Å². The van der Waals surface area contributed by atoms with E-state index in [0.29, 0.717) is 4.90 Å². The van der Waals surface area contributed by atoms with Gasteiger partial charge in [-0.25, -0.2) is 29.1 Å². The molecule has 0 unspecified atom stereocenters. The fourth-order valence-electron chi connectivity index (χ4n) is 4.60. The van der Waals surface area contributed by atoms with E-state index in [1.54, 1.807) is 62.3 Å². The van der Waals surface area contributed by atoms with Crippen molar-refractivity contribution in [2.24, 2.45) is 10.3 Å². The van der Waals surface area contributed by atoms with E-state index < -0.39 is 82.8 Å². The fraction of sp³-hybridized carbons (Fsp3) is 0.625. The van der Waals surface area contributed by atoms with Gasteiger partial charge in [-0.2, -0.15) is 15.0 Å². The molecule has 4 rings (SSSR count). The summed E-state index contributed by atoms with van der Waals surface area (Å²) in [5.41, 5.74) is 4.14. The molecule has 0 bridgehead atoms. The molecule has 3 heterocycles. The van der Waals surface area contributed by atoms with Gasteiger partial charge in [0, 0.05) is 23.1 Å². The molecule has 0 aromatic carbocycles. The second-order valence-corrected chi connectivity index (χ2v) is 16.5. The maximum Gasteiger partial charge on any atom is 0.420 e. The summed E-state index contributed by atoms with van der Waals surface area (Å²) in [5.74, 6) is -2.84. The van der Waals surface area contributed by atoms with Crippen LogP contribution in [-0.4, -0.2) is 106 Å². The summed E-state index contributed by atoms with van der Waals surface area (Å²) in [6.07, 6.45) is -2.59. The minimum Gasteiger partial charge on any atom is -0.478 e. The zero-order valence-corrected chi connectivity index (χ0v) is 33.0. The van der Waals surface area contributed by atoms with Gasteiger partial charge in [-0.3, -0.25) is 14.9 Å². The van der Waals surface area contributed by atoms with Crippen molar-refractivity contribution in [2.45, 2.75) is 129 Å². The standard InChI is InChI=1S/C32H44N12O11S/c1-29(2,3)52-26(49)38-25-36-19(15-56-25)21(41-55-32(10-11-32)24(47)48)23(46)37-20-18(35-22(20)45)14-44-39-16(12-34-42-33)17(40-44)13-43(27(50)53-30(4,5)6)28(51)54-31(7,8)9/h15,18,20H,10-14H2,1-9H3,(H,35,45)(H,37,46)(H,47,48)(H,36,38,49)/t18-,20+/m1/s1. The highest BCUT2D eigenvalue weighted by Crippen LogP contribution is 2.40. The first-order valence-corrected chi connectivity index (χ1v) is 18.0. The Morgan fingerprint density at radius 2 is 1.61 bits per heavy atom. The number of rotatable bonds is 13. The molecule has 2 atom stereocenters. The number of azide groups is 1. The van der Waals surface area contributed by atoms with Gasteiger partial charge in [0.25, 0.3) is 5.91 Å². The number of ether oxygens (including phenoxy) is 3. The highest BCUT2D eigenvalue weighted by Gasteiger charge is 2.55. The van der Waals surface area contributed by atoms with Gasteiger partial charge in [-0.15, -0.1) is 11.3 Å². The summed E-state index contributed by atoms with van der Waals surface area (Å²) in [5, 5.41) is 34.7. The molecule has 2 aliphatic rings. The van der Waals surface area contributed by atoms with Crippen LogP contribution in [0.15, 0.2) is 15.7 Å². The number of hydrogen-bond donors (Lipinski definition) is 4. The topological polar surface area (TPSA) is 304 Å². The number of imide groups is 1. The third-order valence-corrected chi connectivity index (χ3v) is 8.02. The van der Waals surface area contributed by atoms with Gasteiger partial charge in [-0.05, 0) is 67.8 Å². The van der Waals surface area contributed by atoms with Gasteiger partial charge in [0.1, 0.15) is 34.2 Å². The smallest absolute Gasteiger partial charge is 0.420 e. The number of hydrogen-bond acceptors (Lipinski definition) is 16. The SMILES string of the molecule is CC(C)(C)OC(=O)Nc1nc(C(=NOC2(C(=O)O)CC2)C(=O)N[C@@H]2C(=O)N[C@@H]2Cn2nc(CN=[N+]=[N-])c(CN(C(=O)OC(C)(C)C)C(=O)OC(C)(C)C)n2)cs1. The zero-order chi connectivity index (χ0) is 41.8. The molecule has 304 valence electrons. The lowest BCUT2D eigenvalue weighted by atomic mass is 9.98. The van der Waals surface area contributed by atoms with Gasteiger partial charge in [0.05, 0.1) is 31.4 Å². The van der Waals surface area contributed by atoms with Crippen LogP contribution < -0.4 is 16.0 Å². The number of aliphatic carboxylic acids is 1. The Hall–Kier alpha value is -6.03. The summed E-state index contributed by atoms with van der Waals surface area (Å²) >= 11 is 0.922. The van der Waals surface area contributed by atoms with Crippen LogP contribution in [0, 0.1) is 0 Å². The highest BCUT2D eigenvalue weighted by molar-refractivity contribution is 7.14. The third kappa shape index (κ3) is 11.7. The predicted octanol–water partition coefficient (Wildman–Crippen LogP) is 3.59. The van der Waals surface area contributed by atoms with E-state index in [9.17, 15) is 33.9 Å². The van der Waals surface area contributed by atoms with Crippen LogP contribution in [0.3, 0.4) is 0 Å². The molecule has 1 saturated heterocycles. The molecular weight excluding hydrogens is 760 g/mol. The van der Waals surface area contributed by atoms with E-state index in [2.05, 4.69) is 46.3 Å². The molecule has 1 aliphatic heterocycles. The van der Waals surface area contributed by atoms with Crippen molar-refractivity contribution >= 4 is 58.2 Å². The number of thiazole rings is 1. The van der Waals surface area contributed by atoms with Gasteiger partial charge >= 0.3 is 24.2 Å². The molecule has 2 aromatic rings. The van der Waals surface area contributed by atoms with E-state index in [0.717, 1.165) is 16.1 Å². The van der Waals surface area contributed by atoms with E-state index in [4.69, 9.17) is 24.6 Å². The molecular formula is C32H44N12O11S. The van der Waals surface area contributed by atoms with Crippen molar-refractivity contribution in [1.29, 1.82) is 0 Å². The van der Waals surface area contributed by atoms with Crippen molar-refractivity contribution in [3.63, 3.8) is 0 Å². The number of carbonyl (C=O) groups is 6. The number of carboxylic acids is 1. The molecule has 56 heavy (non-hydrogen) atoms. The number of anilines is 1. The van der Waals surface area contributed by atoms with Crippen LogP contribution in [0.4, 0.5) is 19.5 Å². The second-order valence-electron chi connectivity index (χ2n) is 15.6. The maximum absolute atomic E-state index is 13.7. The molecule has 24 heteroatoms. The Labute approximate surface area is 324 Å². The largest absolute Gasteiger partial charge is 0.478 e. The monoisotopic (exact) mass is 804 g/mol. The van der Waals surface area contributed by atoms with Crippen LogP contribution in [0.25, 0.3) is 10.4 Å². The molecule has 0 spiro atoms. The predicted molar refractivity (Wildman–Crippen MR) is 194 cm³/mol. The number of amides is 5. The van der Waals surface area contributed by atoms with E-state index in [1.807, 2.05) is 0 Å². The van der Waals surface area contributed by atoms with Crippen LogP contribution in [-0.2, 0) is 53.1 Å². The van der Waals surface area contributed by atoms with Crippen molar-refractivity contribution in [1.82, 2.24) is 35.5 Å². The van der Waals surface area contributed by atoms with Crippen LogP contribution >= 0.6 is 11.3 Å². The Bertz CT molecular complexity index is 1920. The third-order valence-electron chi connectivity index (χ3n) is 7.26. The van der Waals surface area contributed by atoms with Gasteiger partial charge in [0.2, 0.25) is 11.5 Å². The molecule has 0 radical (unpaired) electrons. The molecule has 5 amide bonds. The quantitative estimate of drug-likeness (QED) is 0.0428. The summed E-state index contributed by atoms with van der Waals surface area (Å²) in [6.45, 7) is 13.7. The van der Waals surface area contributed by atoms with Crippen LogP contribution in [0.5, 0.6) is 0 Å². The first kappa shape index (κ1) is 42.7. The molecule has 2 fully saturated rings. The average molecular weight is 805 g/mol. The van der Waals surface area contributed by atoms with Gasteiger partial charge in [-0.1, -0.05) is 10.3 Å².